The Morgan fingerprint density at radius 3 is 2.47 bits per heavy atom. The molecule has 1 aromatic carbocycles. The fraction of sp³-hybridized carbons (Fsp3) is 0.467. The number of Topliss-reactive ketones (excluding diaryl/α,β-unsaturated/α-hetero) is 1. The molecule has 0 atom stereocenters. The van der Waals surface area contributed by atoms with E-state index in [4.69, 9.17) is 0 Å². The molecule has 0 fully saturated rings. The average molecular weight is 260 g/mol. The standard InChI is InChI=1S/C15H20N2O2/c1-15(2,3)10-5-6-12-11(9-10)13(18)14(19)17(12)8-7-16-4/h5-6,9,16H,7-8H2,1-4H3. The van der Waals surface area contributed by atoms with Crippen LogP contribution < -0.4 is 10.2 Å². The first-order valence-corrected chi connectivity index (χ1v) is 6.51. The van der Waals surface area contributed by atoms with E-state index in [1.165, 1.54) is 0 Å². The van der Waals surface area contributed by atoms with Crippen LogP contribution in [0.15, 0.2) is 18.2 Å². The van der Waals surface area contributed by atoms with Crippen molar-refractivity contribution in [2.45, 2.75) is 26.2 Å². The number of nitrogens with zero attached hydrogens (tertiary/aromatic N) is 1. The fourth-order valence-corrected chi connectivity index (χ4v) is 2.21. The van der Waals surface area contributed by atoms with Gasteiger partial charge in [-0.15, -0.1) is 0 Å². The molecule has 2 rings (SSSR count). The lowest BCUT2D eigenvalue weighted by Gasteiger charge is -2.21. The normalized spacial score (nSPS) is 15.1. The summed E-state index contributed by atoms with van der Waals surface area (Å²) in [4.78, 5) is 25.6. The summed E-state index contributed by atoms with van der Waals surface area (Å²) in [6.07, 6.45) is 0. The molecule has 1 aliphatic rings. The SMILES string of the molecule is CNCCN1C(=O)C(=O)c2cc(C(C)(C)C)ccc21. The van der Waals surface area contributed by atoms with E-state index < -0.39 is 11.7 Å². The van der Waals surface area contributed by atoms with Gasteiger partial charge >= 0.3 is 0 Å². The largest absolute Gasteiger partial charge is 0.318 e. The van der Waals surface area contributed by atoms with E-state index in [-0.39, 0.29) is 5.41 Å². The summed E-state index contributed by atoms with van der Waals surface area (Å²) in [6.45, 7) is 7.46. The van der Waals surface area contributed by atoms with Crippen LogP contribution in [-0.2, 0) is 10.2 Å². The number of carbonyl (C=O) groups is 2. The third-order valence-electron chi connectivity index (χ3n) is 3.42. The van der Waals surface area contributed by atoms with E-state index in [2.05, 4.69) is 26.1 Å². The number of rotatable bonds is 3. The Kier molecular flexibility index (Phi) is 3.45. The number of hydrogen-bond acceptors (Lipinski definition) is 3. The number of amides is 1. The molecule has 0 aliphatic carbocycles. The van der Waals surface area contributed by atoms with Crippen molar-refractivity contribution in [1.29, 1.82) is 0 Å². The topological polar surface area (TPSA) is 49.4 Å². The Labute approximate surface area is 113 Å². The van der Waals surface area contributed by atoms with Gasteiger partial charge < -0.3 is 10.2 Å². The third kappa shape index (κ3) is 2.40. The summed E-state index contributed by atoms with van der Waals surface area (Å²) < 4.78 is 0. The van der Waals surface area contributed by atoms with Crippen molar-refractivity contribution in [2.75, 3.05) is 25.0 Å². The number of anilines is 1. The highest BCUT2D eigenvalue weighted by Crippen LogP contribution is 2.33. The lowest BCUT2D eigenvalue weighted by Crippen LogP contribution is -2.35. The van der Waals surface area contributed by atoms with Gasteiger partial charge in [0.1, 0.15) is 0 Å². The predicted octanol–water partition coefficient (Wildman–Crippen LogP) is 1.73. The summed E-state index contributed by atoms with van der Waals surface area (Å²) in [5, 5.41) is 2.99. The summed E-state index contributed by atoms with van der Waals surface area (Å²) in [5.41, 5.74) is 2.31. The minimum atomic E-state index is -0.420. The molecular weight excluding hydrogens is 240 g/mol. The zero-order valence-corrected chi connectivity index (χ0v) is 11.9. The summed E-state index contributed by atoms with van der Waals surface area (Å²) in [7, 11) is 1.83. The van der Waals surface area contributed by atoms with Crippen molar-refractivity contribution in [3.63, 3.8) is 0 Å². The molecule has 1 amide bonds. The summed E-state index contributed by atoms with van der Waals surface area (Å²) in [5.74, 6) is -0.812. The molecule has 0 unspecified atom stereocenters. The van der Waals surface area contributed by atoms with Gasteiger partial charge in [0.15, 0.2) is 0 Å². The second kappa shape index (κ2) is 4.78. The van der Waals surface area contributed by atoms with Crippen LogP contribution >= 0.6 is 0 Å². The molecule has 0 saturated heterocycles. The van der Waals surface area contributed by atoms with Crippen LogP contribution in [0.25, 0.3) is 0 Å². The fourth-order valence-electron chi connectivity index (χ4n) is 2.21. The molecule has 19 heavy (non-hydrogen) atoms. The van der Waals surface area contributed by atoms with Crippen molar-refractivity contribution in [1.82, 2.24) is 5.32 Å². The third-order valence-corrected chi connectivity index (χ3v) is 3.42. The highest BCUT2D eigenvalue weighted by atomic mass is 16.2. The van der Waals surface area contributed by atoms with E-state index >= 15 is 0 Å². The van der Waals surface area contributed by atoms with Gasteiger partial charge in [0.05, 0.1) is 11.3 Å². The second-order valence-electron chi connectivity index (χ2n) is 5.87. The summed E-state index contributed by atoms with van der Waals surface area (Å²) in [6, 6.07) is 5.74. The van der Waals surface area contributed by atoms with Crippen molar-refractivity contribution in [3.05, 3.63) is 29.3 Å². The average Bonchev–Trinajstić information content (AvgIpc) is 2.59. The first-order chi connectivity index (χ1) is 8.86. The number of hydrogen-bond donors (Lipinski definition) is 1. The number of likely N-dealkylation sites (N-methyl/N-ethyl adjacent to an activating group) is 1. The van der Waals surface area contributed by atoms with Gasteiger partial charge in [-0.1, -0.05) is 26.8 Å². The quantitative estimate of drug-likeness (QED) is 0.842. The minimum absolute atomic E-state index is 0.0310. The summed E-state index contributed by atoms with van der Waals surface area (Å²) >= 11 is 0. The lowest BCUT2D eigenvalue weighted by molar-refractivity contribution is -0.114. The molecule has 0 bridgehead atoms. The maximum absolute atomic E-state index is 12.0. The first-order valence-electron chi connectivity index (χ1n) is 6.51. The van der Waals surface area contributed by atoms with Crippen LogP contribution in [0.4, 0.5) is 5.69 Å². The maximum atomic E-state index is 12.0. The van der Waals surface area contributed by atoms with Crippen LogP contribution in [0, 0.1) is 0 Å². The maximum Gasteiger partial charge on any atom is 0.299 e. The smallest absolute Gasteiger partial charge is 0.299 e. The number of fused-ring (bicyclic) bond motifs is 1. The Bertz CT molecular complexity index is 529. The monoisotopic (exact) mass is 260 g/mol. The first kappa shape index (κ1) is 13.7. The van der Waals surface area contributed by atoms with E-state index in [1.54, 1.807) is 4.90 Å². The van der Waals surface area contributed by atoms with Gasteiger partial charge in [-0.2, -0.15) is 0 Å². The lowest BCUT2D eigenvalue weighted by atomic mass is 9.86. The van der Waals surface area contributed by atoms with Gasteiger partial charge in [0, 0.05) is 13.1 Å². The molecule has 0 aromatic heterocycles. The van der Waals surface area contributed by atoms with E-state index in [0.29, 0.717) is 18.7 Å². The molecule has 0 radical (unpaired) electrons. The molecule has 1 aromatic rings. The molecule has 1 heterocycles. The van der Waals surface area contributed by atoms with Crippen molar-refractivity contribution >= 4 is 17.4 Å². The Hall–Kier alpha value is -1.68. The van der Waals surface area contributed by atoms with Crippen molar-refractivity contribution in [3.8, 4) is 0 Å². The van der Waals surface area contributed by atoms with Gasteiger partial charge in [0.25, 0.3) is 11.7 Å². The van der Waals surface area contributed by atoms with Crippen LogP contribution in [0.2, 0.25) is 0 Å². The number of benzene rings is 1. The van der Waals surface area contributed by atoms with E-state index in [0.717, 1.165) is 11.3 Å². The van der Waals surface area contributed by atoms with Gasteiger partial charge in [-0.3, -0.25) is 9.59 Å². The van der Waals surface area contributed by atoms with Gasteiger partial charge in [0.2, 0.25) is 0 Å². The molecule has 4 nitrogen and oxygen atoms in total. The van der Waals surface area contributed by atoms with E-state index in [9.17, 15) is 9.59 Å². The Morgan fingerprint density at radius 2 is 1.89 bits per heavy atom. The molecular formula is C15H20N2O2. The Balaban J connectivity index is 2.41. The second-order valence-corrected chi connectivity index (χ2v) is 5.87. The zero-order chi connectivity index (χ0) is 14.2. The van der Waals surface area contributed by atoms with Crippen LogP contribution in [-0.4, -0.2) is 31.8 Å². The Morgan fingerprint density at radius 1 is 1.21 bits per heavy atom. The van der Waals surface area contributed by atoms with E-state index in [1.807, 2.05) is 25.2 Å². The van der Waals surface area contributed by atoms with Crippen molar-refractivity contribution < 1.29 is 9.59 Å². The number of nitrogens with one attached hydrogen (secondary N) is 1. The predicted molar refractivity (Wildman–Crippen MR) is 75.8 cm³/mol. The molecule has 102 valence electrons. The van der Waals surface area contributed by atoms with Gasteiger partial charge in [-0.25, -0.2) is 0 Å². The highest BCUT2D eigenvalue weighted by molar-refractivity contribution is 6.52. The molecule has 1 N–H and O–H groups in total. The zero-order valence-electron chi connectivity index (χ0n) is 11.9. The molecule has 0 spiro atoms. The van der Waals surface area contributed by atoms with Crippen molar-refractivity contribution in [2.24, 2.45) is 0 Å². The van der Waals surface area contributed by atoms with Gasteiger partial charge in [-0.05, 0) is 30.2 Å². The molecule has 0 saturated carbocycles. The van der Waals surface area contributed by atoms with Crippen LogP contribution in [0.5, 0.6) is 0 Å². The van der Waals surface area contributed by atoms with Crippen LogP contribution in [0.3, 0.4) is 0 Å². The highest BCUT2D eigenvalue weighted by Gasteiger charge is 2.36. The van der Waals surface area contributed by atoms with Crippen LogP contribution in [0.1, 0.15) is 36.7 Å². The number of carbonyl (C=O) groups excluding carboxylic acids is 2. The molecule has 1 aliphatic heterocycles. The molecule has 4 heteroatoms. The minimum Gasteiger partial charge on any atom is -0.318 e. The number of ketones is 1.